The van der Waals surface area contributed by atoms with Crippen LogP contribution in [0.4, 0.5) is 0 Å². The molecule has 0 N–H and O–H groups in total. The lowest BCUT2D eigenvalue weighted by atomic mass is 10.0. The van der Waals surface area contributed by atoms with E-state index in [0.29, 0.717) is 24.4 Å². The van der Waals surface area contributed by atoms with Crippen LogP contribution in [-0.4, -0.2) is 73.0 Å². The van der Waals surface area contributed by atoms with Gasteiger partial charge in [0, 0.05) is 39.8 Å². The molecule has 2 aromatic carbocycles. The Morgan fingerprint density at radius 2 is 1.52 bits per heavy atom. The van der Waals surface area contributed by atoms with Gasteiger partial charge in [-0.25, -0.2) is 0 Å². The number of hydrogen-bond acceptors (Lipinski definition) is 5. The number of amides is 2. The summed E-state index contributed by atoms with van der Waals surface area (Å²) in [5.41, 5.74) is 2.85. The molecule has 6 heteroatoms. The van der Waals surface area contributed by atoms with E-state index in [1.807, 2.05) is 72.6 Å². The second kappa shape index (κ2) is 9.90. The molecule has 2 aromatic rings. The molecule has 0 atom stereocenters. The third-order valence-electron chi connectivity index (χ3n) is 5.81. The van der Waals surface area contributed by atoms with Crippen molar-refractivity contribution in [3.8, 4) is 0 Å². The Kier molecular flexibility index (Phi) is 6.79. The van der Waals surface area contributed by atoms with E-state index in [0.717, 1.165) is 50.4 Å². The summed E-state index contributed by atoms with van der Waals surface area (Å²) < 4.78 is 5.39. The average Bonchev–Trinajstić information content (AvgIpc) is 3.06. The van der Waals surface area contributed by atoms with Gasteiger partial charge in [0.1, 0.15) is 5.70 Å². The second-order valence-electron chi connectivity index (χ2n) is 8.00. The molecule has 1 saturated heterocycles. The summed E-state index contributed by atoms with van der Waals surface area (Å²) in [7, 11) is 1.88. The first-order valence-corrected chi connectivity index (χ1v) is 10.9. The number of carbonyl (C=O) groups is 2. The predicted octanol–water partition coefficient (Wildman–Crippen LogP) is 2.62. The number of likely N-dealkylation sites (N-methyl/N-ethyl adjacent to an activating group) is 1. The van der Waals surface area contributed by atoms with E-state index >= 15 is 0 Å². The number of benzene rings is 2. The summed E-state index contributed by atoms with van der Waals surface area (Å²) in [5.74, 6) is -0.405. The monoisotopic (exact) mass is 419 g/mol. The van der Waals surface area contributed by atoms with Crippen molar-refractivity contribution in [1.29, 1.82) is 0 Å². The Bertz CT molecular complexity index is 937. The summed E-state index contributed by atoms with van der Waals surface area (Å²) in [4.78, 5) is 32.4. The number of hydrogen-bond donors (Lipinski definition) is 0. The highest BCUT2D eigenvalue weighted by molar-refractivity contribution is 6.35. The van der Waals surface area contributed by atoms with Gasteiger partial charge in [0.15, 0.2) is 0 Å². The molecule has 0 saturated carbocycles. The van der Waals surface area contributed by atoms with Crippen molar-refractivity contribution in [2.75, 3.05) is 46.4 Å². The van der Waals surface area contributed by atoms with Crippen molar-refractivity contribution < 1.29 is 14.3 Å². The van der Waals surface area contributed by atoms with Gasteiger partial charge >= 0.3 is 0 Å². The fraction of sp³-hybridized carbons (Fsp3) is 0.360. The molecule has 162 valence electrons. The maximum Gasteiger partial charge on any atom is 0.277 e. The van der Waals surface area contributed by atoms with Crippen LogP contribution in [0, 0.1) is 0 Å². The molecule has 1 fully saturated rings. The maximum absolute atomic E-state index is 13.4. The highest BCUT2D eigenvalue weighted by Gasteiger charge is 2.40. The van der Waals surface area contributed by atoms with E-state index in [-0.39, 0.29) is 11.8 Å². The smallest absolute Gasteiger partial charge is 0.277 e. The first-order valence-electron chi connectivity index (χ1n) is 10.9. The van der Waals surface area contributed by atoms with Crippen molar-refractivity contribution in [1.82, 2.24) is 14.7 Å². The Morgan fingerprint density at radius 1 is 0.871 bits per heavy atom. The van der Waals surface area contributed by atoms with Crippen LogP contribution in [0.5, 0.6) is 0 Å². The maximum atomic E-state index is 13.4. The molecule has 2 aliphatic heterocycles. The van der Waals surface area contributed by atoms with E-state index in [1.165, 1.54) is 4.90 Å². The molecular weight excluding hydrogens is 390 g/mol. The Balaban J connectivity index is 1.53. The minimum absolute atomic E-state index is 0.201. The number of nitrogens with zero attached hydrogens (tertiary/aromatic N) is 3. The van der Waals surface area contributed by atoms with Crippen molar-refractivity contribution in [3.63, 3.8) is 0 Å². The van der Waals surface area contributed by atoms with Gasteiger partial charge in [0.25, 0.3) is 11.8 Å². The number of imide groups is 1. The number of carbonyl (C=O) groups excluding carboxylic acids is 2. The van der Waals surface area contributed by atoms with Gasteiger partial charge in [-0.05, 0) is 17.5 Å². The SMILES string of the molecule is CN(Cc1ccccc1)C1=C(c2ccccc2)C(=O)N(CCCN2CCOCC2)C1=O. The zero-order valence-corrected chi connectivity index (χ0v) is 18.0. The highest BCUT2D eigenvalue weighted by atomic mass is 16.5. The summed E-state index contributed by atoms with van der Waals surface area (Å²) in [6.07, 6.45) is 0.759. The van der Waals surface area contributed by atoms with Crippen LogP contribution >= 0.6 is 0 Å². The minimum Gasteiger partial charge on any atom is -0.379 e. The Hall–Kier alpha value is -2.96. The van der Waals surface area contributed by atoms with Crippen LogP contribution in [0.1, 0.15) is 17.5 Å². The topological polar surface area (TPSA) is 53.1 Å². The first-order chi connectivity index (χ1) is 15.1. The van der Waals surface area contributed by atoms with Gasteiger partial charge < -0.3 is 9.64 Å². The number of rotatable bonds is 8. The van der Waals surface area contributed by atoms with Crippen LogP contribution in [0.25, 0.3) is 5.57 Å². The Labute approximate surface area is 183 Å². The van der Waals surface area contributed by atoms with E-state index in [1.54, 1.807) is 0 Å². The first kappa shape index (κ1) is 21.3. The van der Waals surface area contributed by atoms with Gasteiger partial charge in [-0.3, -0.25) is 19.4 Å². The highest BCUT2D eigenvalue weighted by Crippen LogP contribution is 2.31. The third kappa shape index (κ3) is 4.86. The van der Waals surface area contributed by atoms with Gasteiger partial charge in [0.2, 0.25) is 0 Å². The molecule has 31 heavy (non-hydrogen) atoms. The largest absolute Gasteiger partial charge is 0.379 e. The van der Waals surface area contributed by atoms with Crippen molar-refractivity contribution >= 4 is 17.4 Å². The van der Waals surface area contributed by atoms with Crippen LogP contribution < -0.4 is 0 Å². The van der Waals surface area contributed by atoms with Crippen LogP contribution in [0.3, 0.4) is 0 Å². The lowest BCUT2D eigenvalue weighted by Crippen LogP contribution is -2.39. The molecule has 0 radical (unpaired) electrons. The number of morpholine rings is 1. The van der Waals surface area contributed by atoms with E-state index in [2.05, 4.69) is 4.90 Å². The average molecular weight is 420 g/mol. The van der Waals surface area contributed by atoms with Gasteiger partial charge in [0.05, 0.1) is 18.8 Å². The van der Waals surface area contributed by atoms with E-state index in [4.69, 9.17) is 4.74 Å². The van der Waals surface area contributed by atoms with Crippen molar-refractivity contribution in [2.24, 2.45) is 0 Å². The molecule has 0 spiro atoms. The zero-order valence-electron chi connectivity index (χ0n) is 18.0. The summed E-state index contributed by atoms with van der Waals surface area (Å²) in [5, 5.41) is 0. The summed E-state index contributed by atoms with van der Waals surface area (Å²) >= 11 is 0. The Morgan fingerprint density at radius 3 is 2.19 bits per heavy atom. The normalized spacial score (nSPS) is 17.5. The minimum atomic E-state index is -0.204. The molecular formula is C25H29N3O3. The molecule has 6 nitrogen and oxygen atoms in total. The lowest BCUT2D eigenvalue weighted by molar-refractivity contribution is -0.137. The van der Waals surface area contributed by atoms with E-state index in [9.17, 15) is 9.59 Å². The standard InChI is InChI=1S/C25H29N3O3/c1-26(19-20-9-4-2-5-10-20)23-22(21-11-6-3-7-12-21)24(29)28(25(23)30)14-8-13-27-15-17-31-18-16-27/h2-7,9-12H,8,13-19H2,1H3. The molecule has 0 bridgehead atoms. The molecule has 0 aliphatic carbocycles. The van der Waals surface area contributed by atoms with Gasteiger partial charge in [-0.15, -0.1) is 0 Å². The van der Waals surface area contributed by atoms with Gasteiger partial charge in [-0.1, -0.05) is 60.7 Å². The molecule has 0 aromatic heterocycles. The van der Waals surface area contributed by atoms with Crippen molar-refractivity contribution in [2.45, 2.75) is 13.0 Å². The molecule has 2 heterocycles. The fourth-order valence-electron chi connectivity index (χ4n) is 4.20. The fourth-order valence-corrected chi connectivity index (χ4v) is 4.20. The van der Waals surface area contributed by atoms with Crippen LogP contribution in [0.15, 0.2) is 66.4 Å². The van der Waals surface area contributed by atoms with Gasteiger partial charge in [-0.2, -0.15) is 0 Å². The van der Waals surface area contributed by atoms with Crippen LogP contribution in [-0.2, 0) is 20.9 Å². The summed E-state index contributed by atoms with van der Waals surface area (Å²) in [6.45, 7) is 5.14. The number of ether oxygens (including phenoxy) is 1. The van der Waals surface area contributed by atoms with Crippen LogP contribution in [0.2, 0.25) is 0 Å². The molecule has 0 unspecified atom stereocenters. The lowest BCUT2D eigenvalue weighted by Gasteiger charge is -2.27. The third-order valence-corrected chi connectivity index (χ3v) is 5.81. The molecule has 2 amide bonds. The second-order valence-corrected chi connectivity index (χ2v) is 8.00. The zero-order chi connectivity index (χ0) is 21.6. The van der Waals surface area contributed by atoms with Crippen molar-refractivity contribution in [3.05, 3.63) is 77.5 Å². The van der Waals surface area contributed by atoms with E-state index < -0.39 is 0 Å². The summed E-state index contributed by atoms with van der Waals surface area (Å²) in [6, 6.07) is 19.5. The molecule has 4 rings (SSSR count). The molecule has 2 aliphatic rings. The quantitative estimate of drug-likeness (QED) is 0.616. The predicted molar refractivity (Wildman–Crippen MR) is 120 cm³/mol.